The largest absolute Gasteiger partial charge is 0.485 e. The first-order chi connectivity index (χ1) is 17.4. The Morgan fingerprint density at radius 3 is 2.24 bits per heavy atom. The molecule has 0 unspecified atom stereocenters. The number of benzene rings is 2. The maximum atomic E-state index is 12.9. The summed E-state index contributed by atoms with van der Waals surface area (Å²) in [6.45, 7) is 5.84. The van der Waals surface area contributed by atoms with Crippen molar-refractivity contribution in [2.45, 2.75) is 45.9 Å². The van der Waals surface area contributed by atoms with Crippen LogP contribution in [0.2, 0.25) is 5.02 Å². The van der Waals surface area contributed by atoms with Crippen LogP contribution in [0.1, 0.15) is 57.1 Å². The maximum absolute atomic E-state index is 12.9. The number of methoxy groups -OCH3 is 1. The number of hydrogen-bond donors (Lipinski definition) is 1. The van der Waals surface area contributed by atoms with Crippen LogP contribution in [0.3, 0.4) is 0 Å². The molecule has 5 nitrogen and oxygen atoms in total. The molecule has 0 aliphatic rings. The molecule has 3 aromatic rings. The quantitative estimate of drug-likeness (QED) is 0.278. The van der Waals surface area contributed by atoms with Gasteiger partial charge in [0.05, 0.1) is 24.1 Å². The van der Waals surface area contributed by atoms with Crippen molar-refractivity contribution in [1.82, 2.24) is 5.32 Å². The number of thiophene rings is 1. The summed E-state index contributed by atoms with van der Waals surface area (Å²) in [6.07, 6.45) is -4.09. The van der Waals surface area contributed by atoms with Crippen LogP contribution in [-0.4, -0.2) is 25.5 Å². The molecule has 0 radical (unpaired) electrons. The molecule has 10 heteroatoms. The van der Waals surface area contributed by atoms with Crippen LogP contribution in [-0.2, 0) is 15.7 Å². The summed E-state index contributed by atoms with van der Waals surface area (Å²) in [5, 5.41) is 2.95. The summed E-state index contributed by atoms with van der Waals surface area (Å²) in [5.74, 6) is -0.202. The number of aryl methyl sites for hydroxylation is 2. The van der Waals surface area contributed by atoms with Gasteiger partial charge in [-0.2, -0.15) is 13.2 Å². The van der Waals surface area contributed by atoms with E-state index in [1.807, 2.05) is 32.9 Å². The highest BCUT2D eigenvalue weighted by Gasteiger charge is 2.30. The average molecular weight is 554 g/mol. The predicted molar refractivity (Wildman–Crippen MR) is 138 cm³/mol. The van der Waals surface area contributed by atoms with Gasteiger partial charge in [-0.1, -0.05) is 30.7 Å². The zero-order valence-electron chi connectivity index (χ0n) is 20.8. The number of amides is 1. The minimum absolute atomic E-state index is 0.0555. The van der Waals surface area contributed by atoms with Crippen molar-refractivity contribution in [1.29, 1.82) is 0 Å². The van der Waals surface area contributed by atoms with Crippen LogP contribution in [0.5, 0.6) is 5.75 Å². The third kappa shape index (κ3) is 7.05. The van der Waals surface area contributed by atoms with Gasteiger partial charge in [-0.3, -0.25) is 9.59 Å². The number of carbonyl (C=O) groups is 2. The Balaban J connectivity index is 1.77. The summed E-state index contributed by atoms with van der Waals surface area (Å²) in [5.41, 5.74) is 2.57. The second-order valence-corrected chi connectivity index (χ2v) is 9.92. The lowest BCUT2D eigenvalue weighted by molar-refractivity contribution is -0.140. The molecular weight excluding hydrogens is 527 g/mol. The Hall–Kier alpha value is -3.04. The Bertz CT molecular complexity index is 1250. The van der Waals surface area contributed by atoms with Crippen LogP contribution in [0.4, 0.5) is 13.2 Å². The van der Waals surface area contributed by atoms with Gasteiger partial charge in [-0.25, -0.2) is 0 Å². The third-order valence-corrected chi connectivity index (χ3v) is 7.36. The highest BCUT2D eigenvalue weighted by Crippen LogP contribution is 2.38. The first-order valence-corrected chi connectivity index (χ1v) is 12.7. The zero-order valence-corrected chi connectivity index (χ0v) is 22.4. The normalized spacial score (nSPS) is 12.2. The van der Waals surface area contributed by atoms with E-state index in [1.54, 1.807) is 6.07 Å². The summed E-state index contributed by atoms with van der Waals surface area (Å²) >= 11 is 7.54. The van der Waals surface area contributed by atoms with E-state index in [4.69, 9.17) is 16.3 Å². The molecule has 0 fully saturated rings. The average Bonchev–Trinajstić information content (AvgIpc) is 3.23. The monoisotopic (exact) mass is 553 g/mol. The van der Waals surface area contributed by atoms with Crippen molar-refractivity contribution in [3.8, 4) is 16.9 Å². The number of nitrogens with one attached hydrogen (secondary N) is 1. The number of alkyl halides is 3. The maximum Gasteiger partial charge on any atom is 0.416 e. The van der Waals surface area contributed by atoms with Gasteiger partial charge in [0.2, 0.25) is 0 Å². The highest BCUT2D eigenvalue weighted by molar-refractivity contribution is 7.14. The summed E-state index contributed by atoms with van der Waals surface area (Å²) in [4.78, 5) is 24.9. The molecule has 198 valence electrons. The third-order valence-electron chi connectivity index (χ3n) is 5.73. The molecule has 0 saturated heterocycles. The van der Waals surface area contributed by atoms with Crippen molar-refractivity contribution in [2.24, 2.45) is 0 Å². The molecule has 0 spiro atoms. The fourth-order valence-electron chi connectivity index (χ4n) is 3.94. The van der Waals surface area contributed by atoms with E-state index < -0.39 is 17.7 Å². The van der Waals surface area contributed by atoms with E-state index in [0.29, 0.717) is 27.6 Å². The van der Waals surface area contributed by atoms with Crippen LogP contribution in [0.25, 0.3) is 11.1 Å². The molecule has 1 heterocycles. The molecule has 37 heavy (non-hydrogen) atoms. The first kappa shape index (κ1) is 28.5. The minimum Gasteiger partial charge on any atom is -0.485 e. The van der Waals surface area contributed by atoms with Crippen molar-refractivity contribution < 1.29 is 32.2 Å². The molecule has 1 N–H and O–H groups in total. The van der Waals surface area contributed by atoms with Gasteiger partial charge in [0.15, 0.2) is 0 Å². The van der Waals surface area contributed by atoms with E-state index in [0.717, 1.165) is 33.7 Å². The molecule has 1 atom stereocenters. The molecule has 0 aliphatic heterocycles. The first-order valence-electron chi connectivity index (χ1n) is 11.5. The van der Waals surface area contributed by atoms with E-state index in [2.05, 4.69) is 10.1 Å². The Morgan fingerprint density at radius 1 is 1.08 bits per heavy atom. The minimum atomic E-state index is -4.39. The zero-order chi connectivity index (χ0) is 27.3. The molecule has 0 saturated carbocycles. The number of hydrogen-bond acceptors (Lipinski definition) is 5. The fourth-order valence-corrected chi connectivity index (χ4v) is 5.40. The van der Waals surface area contributed by atoms with E-state index in [1.165, 1.54) is 30.6 Å². The van der Waals surface area contributed by atoms with Gasteiger partial charge in [0.1, 0.15) is 16.7 Å². The molecule has 0 aliphatic carbocycles. The van der Waals surface area contributed by atoms with Crippen molar-refractivity contribution in [3.63, 3.8) is 0 Å². The van der Waals surface area contributed by atoms with E-state index in [-0.39, 0.29) is 25.0 Å². The highest BCUT2D eigenvalue weighted by atomic mass is 35.5. The Kier molecular flexibility index (Phi) is 9.26. The molecular formula is C27H27ClF3NO4S. The number of esters is 1. The number of carbonyl (C=O) groups excluding carboxylic acids is 2. The molecule has 0 bridgehead atoms. The second-order valence-electron chi connectivity index (χ2n) is 8.43. The van der Waals surface area contributed by atoms with Crippen LogP contribution in [0, 0.1) is 13.8 Å². The SMILES string of the molecule is CC[C@@H](Oc1cc(C)c(-c2ccc(C(F)(F)F)cc2)c(C)c1)c1cc(Cl)c(C(=O)NCCC(=O)OC)s1. The number of halogens is 4. The summed E-state index contributed by atoms with van der Waals surface area (Å²) in [6, 6.07) is 10.5. The second kappa shape index (κ2) is 12.0. The summed E-state index contributed by atoms with van der Waals surface area (Å²) in [7, 11) is 1.28. The van der Waals surface area contributed by atoms with E-state index >= 15 is 0 Å². The van der Waals surface area contributed by atoms with Gasteiger partial charge >= 0.3 is 12.1 Å². The van der Waals surface area contributed by atoms with E-state index in [9.17, 15) is 22.8 Å². The Morgan fingerprint density at radius 2 is 1.70 bits per heavy atom. The fraction of sp³-hybridized carbons (Fsp3) is 0.333. The standard InChI is InChI=1S/C27H27ClF3NO4S/c1-5-21(22-14-20(28)25(37-22)26(34)32-11-10-23(33)35-4)36-19-12-15(2)24(16(3)13-19)17-6-8-18(9-7-17)27(29,30)31/h6-9,12-14,21H,5,10-11H2,1-4H3,(H,32,34)/t21-/m1/s1. The van der Waals surface area contributed by atoms with Crippen LogP contribution >= 0.6 is 22.9 Å². The van der Waals surface area contributed by atoms with Gasteiger partial charge in [-0.05, 0) is 72.9 Å². The van der Waals surface area contributed by atoms with Crippen LogP contribution in [0.15, 0.2) is 42.5 Å². The lowest BCUT2D eigenvalue weighted by Crippen LogP contribution is -2.25. The van der Waals surface area contributed by atoms with Gasteiger partial charge < -0.3 is 14.8 Å². The molecule has 2 aromatic carbocycles. The van der Waals surface area contributed by atoms with Gasteiger partial charge in [0.25, 0.3) is 5.91 Å². The lowest BCUT2D eigenvalue weighted by Gasteiger charge is -2.19. The van der Waals surface area contributed by atoms with Crippen LogP contribution < -0.4 is 10.1 Å². The molecule has 3 rings (SSSR count). The molecule has 1 aromatic heterocycles. The van der Waals surface area contributed by atoms with Gasteiger partial charge in [-0.15, -0.1) is 11.3 Å². The number of rotatable bonds is 9. The lowest BCUT2D eigenvalue weighted by atomic mass is 9.94. The van der Waals surface area contributed by atoms with Crippen molar-refractivity contribution in [2.75, 3.05) is 13.7 Å². The van der Waals surface area contributed by atoms with Crippen molar-refractivity contribution >= 4 is 34.8 Å². The summed E-state index contributed by atoms with van der Waals surface area (Å²) < 4.78 is 49.6. The number of ether oxygens (including phenoxy) is 2. The Labute approximate surface area is 222 Å². The van der Waals surface area contributed by atoms with Gasteiger partial charge in [0, 0.05) is 11.4 Å². The molecule has 1 amide bonds. The topological polar surface area (TPSA) is 64.6 Å². The smallest absolute Gasteiger partial charge is 0.416 e. The van der Waals surface area contributed by atoms with Crippen molar-refractivity contribution in [3.05, 3.63) is 73.9 Å². The predicted octanol–water partition coefficient (Wildman–Crippen LogP) is 7.53.